The average molecular weight is 353 g/mol. The first-order chi connectivity index (χ1) is 11.5. The summed E-state index contributed by atoms with van der Waals surface area (Å²) in [5.74, 6) is 0.807. The van der Waals surface area contributed by atoms with Crippen molar-refractivity contribution in [2.24, 2.45) is 0 Å². The Bertz CT molecular complexity index is 562. The number of ether oxygens (including phenoxy) is 1. The lowest BCUT2D eigenvalue weighted by atomic mass is 10.1. The standard InChI is InChI=1S/C18H25ClN2O3/c1-13(21-10-4-3-5-18(21)23)11-17(22)20-12-14(2)24-16-8-6-15(19)7-9-16/h6-9,13-14H,3-5,10-12H2,1-2H3,(H,20,22)/t13-,14-/m1/s1. The topological polar surface area (TPSA) is 58.6 Å². The third-order valence-electron chi connectivity index (χ3n) is 4.11. The first-order valence-corrected chi connectivity index (χ1v) is 8.82. The van der Waals surface area contributed by atoms with Crippen LogP contribution in [0.25, 0.3) is 0 Å². The third kappa shape index (κ3) is 5.71. The van der Waals surface area contributed by atoms with Gasteiger partial charge in [0.25, 0.3) is 0 Å². The maximum atomic E-state index is 12.1. The lowest BCUT2D eigenvalue weighted by Gasteiger charge is -2.32. The summed E-state index contributed by atoms with van der Waals surface area (Å²) in [6.45, 7) is 4.99. The van der Waals surface area contributed by atoms with Crippen molar-refractivity contribution < 1.29 is 14.3 Å². The van der Waals surface area contributed by atoms with Gasteiger partial charge in [-0.2, -0.15) is 0 Å². The molecule has 0 unspecified atom stereocenters. The molecule has 132 valence electrons. The van der Waals surface area contributed by atoms with E-state index in [9.17, 15) is 9.59 Å². The molecule has 0 bridgehead atoms. The molecule has 1 aromatic carbocycles. The van der Waals surface area contributed by atoms with Crippen molar-refractivity contribution in [2.75, 3.05) is 13.1 Å². The summed E-state index contributed by atoms with van der Waals surface area (Å²) < 4.78 is 5.72. The predicted octanol–water partition coefficient (Wildman–Crippen LogP) is 3.01. The molecule has 1 saturated heterocycles. The molecule has 0 saturated carbocycles. The van der Waals surface area contributed by atoms with Gasteiger partial charge in [-0.1, -0.05) is 11.6 Å². The van der Waals surface area contributed by atoms with Crippen LogP contribution in [0.2, 0.25) is 5.02 Å². The third-order valence-corrected chi connectivity index (χ3v) is 4.36. The molecule has 2 rings (SSSR count). The Morgan fingerprint density at radius 3 is 2.67 bits per heavy atom. The number of carbonyl (C=O) groups is 2. The molecular weight excluding hydrogens is 328 g/mol. The van der Waals surface area contributed by atoms with Crippen LogP contribution in [0.3, 0.4) is 0 Å². The van der Waals surface area contributed by atoms with Crippen LogP contribution in [-0.2, 0) is 9.59 Å². The van der Waals surface area contributed by atoms with Gasteiger partial charge in [0.1, 0.15) is 11.9 Å². The van der Waals surface area contributed by atoms with E-state index >= 15 is 0 Å². The minimum atomic E-state index is -0.151. The highest BCUT2D eigenvalue weighted by Crippen LogP contribution is 2.17. The second kappa shape index (κ2) is 8.92. The van der Waals surface area contributed by atoms with Crippen molar-refractivity contribution in [1.82, 2.24) is 10.2 Å². The van der Waals surface area contributed by atoms with Gasteiger partial charge in [0, 0.05) is 30.5 Å². The minimum absolute atomic E-state index is 0.0626. The van der Waals surface area contributed by atoms with Crippen LogP contribution in [0, 0.1) is 0 Å². The van der Waals surface area contributed by atoms with Crippen molar-refractivity contribution in [3.8, 4) is 5.75 Å². The van der Waals surface area contributed by atoms with Crippen molar-refractivity contribution in [1.29, 1.82) is 0 Å². The molecule has 0 spiro atoms. The van der Waals surface area contributed by atoms with E-state index in [0.29, 0.717) is 30.2 Å². The van der Waals surface area contributed by atoms with Gasteiger partial charge in [0.05, 0.1) is 6.54 Å². The fourth-order valence-electron chi connectivity index (χ4n) is 2.79. The van der Waals surface area contributed by atoms with Crippen LogP contribution < -0.4 is 10.1 Å². The highest BCUT2D eigenvalue weighted by atomic mass is 35.5. The molecule has 0 aliphatic carbocycles. The molecule has 1 aliphatic heterocycles. The molecule has 1 aliphatic rings. The smallest absolute Gasteiger partial charge is 0.222 e. The fraction of sp³-hybridized carbons (Fsp3) is 0.556. The van der Waals surface area contributed by atoms with E-state index < -0.39 is 0 Å². The zero-order valence-corrected chi connectivity index (χ0v) is 15.0. The Labute approximate surface area is 148 Å². The summed E-state index contributed by atoms with van der Waals surface area (Å²) in [6, 6.07) is 7.05. The minimum Gasteiger partial charge on any atom is -0.489 e. The average Bonchev–Trinajstić information content (AvgIpc) is 2.55. The largest absolute Gasteiger partial charge is 0.489 e. The number of carbonyl (C=O) groups excluding carboxylic acids is 2. The Kier molecular flexibility index (Phi) is 6.91. The number of rotatable bonds is 7. The second-order valence-corrected chi connectivity index (χ2v) is 6.72. The van der Waals surface area contributed by atoms with Crippen LogP contribution in [0.1, 0.15) is 39.5 Å². The number of likely N-dealkylation sites (tertiary alicyclic amines) is 1. The lowest BCUT2D eigenvalue weighted by molar-refractivity contribution is -0.136. The van der Waals surface area contributed by atoms with Crippen LogP contribution in [0.5, 0.6) is 5.75 Å². The molecule has 1 heterocycles. The van der Waals surface area contributed by atoms with Gasteiger partial charge < -0.3 is 15.0 Å². The molecule has 1 fully saturated rings. The second-order valence-electron chi connectivity index (χ2n) is 6.28. The van der Waals surface area contributed by atoms with Crippen molar-refractivity contribution in [2.45, 2.75) is 51.7 Å². The first-order valence-electron chi connectivity index (χ1n) is 8.44. The van der Waals surface area contributed by atoms with E-state index in [-0.39, 0.29) is 24.0 Å². The maximum absolute atomic E-state index is 12.1. The lowest BCUT2D eigenvalue weighted by Crippen LogP contribution is -2.44. The van der Waals surface area contributed by atoms with Crippen LogP contribution in [0.4, 0.5) is 0 Å². The number of nitrogens with zero attached hydrogens (tertiary/aromatic N) is 1. The zero-order chi connectivity index (χ0) is 17.5. The molecule has 2 atom stereocenters. The molecule has 6 heteroatoms. The summed E-state index contributed by atoms with van der Waals surface area (Å²) in [4.78, 5) is 25.8. The summed E-state index contributed by atoms with van der Waals surface area (Å²) in [5.41, 5.74) is 0. The van der Waals surface area contributed by atoms with Gasteiger partial charge in [-0.25, -0.2) is 0 Å². The van der Waals surface area contributed by atoms with Gasteiger partial charge in [0.2, 0.25) is 11.8 Å². The molecule has 5 nitrogen and oxygen atoms in total. The van der Waals surface area contributed by atoms with E-state index in [1.807, 2.05) is 18.7 Å². The molecular formula is C18H25ClN2O3. The molecule has 1 aromatic rings. The van der Waals surface area contributed by atoms with Crippen molar-refractivity contribution >= 4 is 23.4 Å². The zero-order valence-electron chi connectivity index (χ0n) is 14.3. The van der Waals surface area contributed by atoms with Crippen LogP contribution >= 0.6 is 11.6 Å². The molecule has 0 radical (unpaired) electrons. The SMILES string of the molecule is C[C@H](CNC(=O)C[C@@H](C)N1CCCCC1=O)Oc1ccc(Cl)cc1. The first kappa shape index (κ1) is 18.6. The summed E-state index contributed by atoms with van der Waals surface area (Å²) >= 11 is 5.83. The van der Waals surface area contributed by atoms with Gasteiger partial charge in [-0.3, -0.25) is 9.59 Å². The van der Waals surface area contributed by atoms with Crippen LogP contribution in [0.15, 0.2) is 24.3 Å². The van der Waals surface area contributed by atoms with Gasteiger partial charge in [-0.05, 0) is 51.0 Å². The summed E-state index contributed by atoms with van der Waals surface area (Å²) in [6.07, 6.45) is 2.73. The summed E-state index contributed by atoms with van der Waals surface area (Å²) in [5, 5.41) is 3.53. The number of halogens is 1. The quantitative estimate of drug-likeness (QED) is 0.820. The Morgan fingerprint density at radius 1 is 1.29 bits per heavy atom. The Morgan fingerprint density at radius 2 is 2.00 bits per heavy atom. The molecule has 0 aromatic heterocycles. The number of piperidine rings is 1. The number of amides is 2. The van der Waals surface area contributed by atoms with E-state index in [0.717, 1.165) is 19.4 Å². The highest BCUT2D eigenvalue weighted by molar-refractivity contribution is 6.30. The number of benzene rings is 1. The molecule has 24 heavy (non-hydrogen) atoms. The summed E-state index contributed by atoms with van der Waals surface area (Å²) in [7, 11) is 0. The van der Waals surface area contributed by atoms with Gasteiger partial charge >= 0.3 is 0 Å². The van der Waals surface area contributed by atoms with Crippen molar-refractivity contribution in [3.05, 3.63) is 29.3 Å². The monoisotopic (exact) mass is 352 g/mol. The van der Waals surface area contributed by atoms with E-state index in [1.54, 1.807) is 24.3 Å². The normalized spacial score (nSPS) is 17.3. The molecule has 2 amide bonds. The van der Waals surface area contributed by atoms with E-state index in [4.69, 9.17) is 16.3 Å². The fourth-order valence-corrected chi connectivity index (χ4v) is 2.91. The number of nitrogens with one attached hydrogen (secondary N) is 1. The van der Waals surface area contributed by atoms with Gasteiger partial charge in [0.15, 0.2) is 0 Å². The van der Waals surface area contributed by atoms with Crippen LogP contribution in [-0.4, -0.2) is 41.9 Å². The number of hydrogen-bond donors (Lipinski definition) is 1. The highest BCUT2D eigenvalue weighted by Gasteiger charge is 2.24. The Hall–Kier alpha value is -1.75. The molecule has 1 N–H and O–H groups in total. The van der Waals surface area contributed by atoms with E-state index in [2.05, 4.69) is 5.32 Å². The number of hydrogen-bond acceptors (Lipinski definition) is 3. The van der Waals surface area contributed by atoms with Crippen molar-refractivity contribution in [3.63, 3.8) is 0 Å². The van der Waals surface area contributed by atoms with Gasteiger partial charge in [-0.15, -0.1) is 0 Å². The maximum Gasteiger partial charge on any atom is 0.222 e. The Balaban J connectivity index is 1.71. The predicted molar refractivity (Wildman–Crippen MR) is 94.2 cm³/mol. The van der Waals surface area contributed by atoms with E-state index in [1.165, 1.54) is 0 Å².